The first-order chi connectivity index (χ1) is 6.92. The van der Waals surface area contributed by atoms with Gasteiger partial charge in [0.1, 0.15) is 5.82 Å². The number of hydrogen-bond donors (Lipinski definition) is 1. The first kappa shape index (κ1) is 9.61. The maximum Gasteiger partial charge on any atom is 0.216 e. The number of aryl methyl sites for hydroxylation is 1. The Bertz CT molecular complexity index is 392. The molecule has 2 aromatic rings. The van der Waals surface area contributed by atoms with E-state index in [1.54, 1.807) is 11.3 Å². The highest BCUT2D eigenvalue weighted by Crippen LogP contribution is 2.12. The molecule has 0 aromatic carbocycles. The van der Waals surface area contributed by atoms with Gasteiger partial charge in [-0.25, -0.2) is 0 Å². The molecular formula is C9H14N4S. The first-order valence-electron chi connectivity index (χ1n) is 4.89. The molecule has 0 spiro atoms. The van der Waals surface area contributed by atoms with Crippen molar-refractivity contribution in [1.29, 1.82) is 0 Å². The number of fused-ring (bicyclic) bond motifs is 1. The molecule has 76 valence electrons. The van der Waals surface area contributed by atoms with Crippen LogP contribution in [-0.4, -0.2) is 21.1 Å². The number of unbranched alkanes of at least 4 members (excludes halogenated alkanes) is 2. The third-order valence-corrected chi connectivity index (χ3v) is 2.97. The van der Waals surface area contributed by atoms with E-state index >= 15 is 0 Å². The first-order valence-corrected chi connectivity index (χ1v) is 5.77. The van der Waals surface area contributed by atoms with Crippen molar-refractivity contribution >= 4 is 16.3 Å². The zero-order valence-electron chi connectivity index (χ0n) is 8.02. The Labute approximate surface area is 86.8 Å². The molecule has 0 aliphatic carbocycles. The van der Waals surface area contributed by atoms with Crippen LogP contribution in [-0.2, 0) is 6.42 Å². The van der Waals surface area contributed by atoms with Crippen molar-refractivity contribution in [2.45, 2.75) is 25.7 Å². The lowest BCUT2D eigenvalue weighted by molar-refractivity contribution is 0.665. The summed E-state index contributed by atoms with van der Waals surface area (Å²) >= 11 is 1.62. The van der Waals surface area contributed by atoms with Crippen LogP contribution >= 0.6 is 11.3 Å². The lowest BCUT2D eigenvalue weighted by atomic mass is 10.2. The van der Waals surface area contributed by atoms with Gasteiger partial charge in [0.2, 0.25) is 4.96 Å². The molecule has 0 aliphatic heterocycles. The fourth-order valence-electron chi connectivity index (χ4n) is 1.46. The third-order valence-electron chi connectivity index (χ3n) is 2.22. The number of hydrogen-bond acceptors (Lipinski definition) is 4. The Morgan fingerprint density at radius 2 is 2.21 bits per heavy atom. The van der Waals surface area contributed by atoms with Crippen LogP contribution in [0.4, 0.5) is 0 Å². The zero-order valence-corrected chi connectivity index (χ0v) is 8.83. The Hall–Kier alpha value is -0.940. The van der Waals surface area contributed by atoms with Crippen molar-refractivity contribution in [2.24, 2.45) is 5.73 Å². The van der Waals surface area contributed by atoms with Gasteiger partial charge in [-0.2, -0.15) is 0 Å². The highest BCUT2D eigenvalue weighted by molar-refractivity contribution is 7.15. The summed E-state index contributed by atoms with van der Waals surface area (Å²) in [6.07, 6.45) is 6.45. The molecule has 0 saturated carbocycles. The molecule has 0 bridgehead atoms. The van der Waals surface area contributed by atoms with Gasteiger partial charge in [0.25, 0.3) is 0 Å². The molecule has 2 rings (SSSR count). The summed E-state index contributed by atoms with van der Waals surface area (Å²) in [6, 6.07) is 0. The van der Waals surface area contributed by atoms with Gasteiger partial charge >= 0.3 is 0 Å². The third kappa shape index (κ3) is 1.93. The van der Waals surface area contributed by atoms with Crippen LogP contribution in [0.3, 0.4) is 0 Å². The average molecular weight is 210 g/mol. The average Bonchev–Trinajstić information content (AvgIpc) is 2.75. The lowest BCUT2D eigenvalue weighted by Crippen LogP contribution is -1.99. The number of thiazole rings is 1. The number of rotatable bonds is 5. The normalized spacial score (nSPS) is 11.2. The fraction of sp³-hybridized carbons (Fsp3) is 0.556. The zero-order chi connectivity index (χ0) is 9.80. The molecule has 2 N–H and O–H groups in total. The fourth-order valence-corrected chi connectivity index (χ4v) is 2.14. The second-order valence-electron chi connectivity index (χ2n) is 3.27. The quantitative estimate of drug-likeness (QED) is 0.760. The molecule has 0 fully saturated rings. The van der Waals surface area contributed by atoms with Crippen LogP contribution in [0, 0.1) is 0 Å². The van der Waals surface area contributed by atoms with E-state index in [9.17, 15) is 0 Å². The van der Waals surface area contributed by atoms with Crippen molar-refractivity contribution in [1.82, 2.24) is 14.6 Å². The number of nitrogens with zero attached hydrogens (tertiary/aromatic N) is 3. The Morgan fingerprint density at radius 3 is 3.07 bits per heavy atom. The molecule has 0 saturated heterocycles. The Kier molecular flexibility index (Phi) is 3.10. The van der Waals surface area contributed by atoms with Crippen LogP contribution in [0.15, 0.2) is 11.6 Å². The summed E-state index contributed by atoms with van der Waals surface area (Å²) < 4.78 is 2.06. The van der Waals surface area contributed by atoms with Gasteiger partial charge in [-0.15, -0.1) is 21.5 Å². The molecule has 4 nitrogen and oxygen atoms in total. The predicted octanol–water partition coefficient (Wildman–Crippen LogP) is 1.46. The smallest absolute Gasteiger partial charge is 0.216 e. The van der Waals surface area contributed by atoms with Crippen LogP contribution in [0.2, 0.25) is 0 Å². The Morgan fingerprint density at radius 1 is 1.29 bits per heavy atom. The monoisotopic (exact) mass is 210 g/mol. The van der Waals surface area contributed by atoms with Crippen molar-refractivity contribution in [3.8, 4) is 0 Å². The van der Waals surface area contributed by atoms with Crippen LogP contribution in [0.25, 0.3) is 4.96 Å². The van der Waals surface area contributed by atoms with Crippen molar-refractivity contribution in [2.75, 3.05) is 6.54 Å². The summed E-state index contributed by atoms with van der Waals surface area (Å²) in [7, 11) is 0. The van der Waals surface area contributed by atoms with E-state index in [1.807, 2.05) is 11.6 Å². The van der Waals surface area contributed by atoms with Gasteiger partial charge in [0, 0.05) is 18.0 Å². The standard InChI is InChI=1S/C9H14N4S/c10-5-3-1-2-4-8-11-12-9-13(8)6-7-14-9/h6-7H,1-5,10H2. The Balaban J connectivity index is 1.94. The molecule has 5 heteroatoms. The highest BCUT2D eigenvalue weighted by atomic mass is 32.1. The van der Waals surface area contributed by atoms with Crippen LogP contribution in [0.5, 0.6) is 0 Å². The molecule has 0 unspecified atom stereocenters. The van der Waals surface area contributed by atoms with Crippen LogP contribution < -0.4 is 5.73 Å². The van der Waals surface area contributed by atoms with Crippen molar-refractivity contribution in [3.63, 3.8) is 0 Å². The molecule has 0 amide bonds. The SMILES string of the molecule is NCCCCCc1nnc2sccn12. The number of aromatic nitrogens is 3. The minimum atomic E-state index is 0.785. The molecule has 2 heterocycles. The van der Waals surface area contributed by atoms with Crippen molar-refractivity contribution < 1.29 is 0 Å². The van der Waals surface area contributed by atoms with Gasteiger partial charge in [-0.1, -0.05) is 6.42 Å². The molecule has 2 aromatic heterocycles. The minimum absolute atomic E-state index is 0.785. The second-order valence-corrected chi connectivity index (χ2v) is 4.14. The second kappa shape index (κ2) is 4.52. The van der Waals surface area contributed by atoms with E-state index in [1.165, 1.54) is 6.42 Å². The summed E-state index contributed by atoms with van der Waals surface area (Å²) in [4.78, 5) is 0.985. The summed E-state index contributed by atoms with van der Waals surface area (Å²) in [5.74, 6) is 1.07. The topological polar surface area (TPSA) is 56.2 Å². The molecule has 0 radical (unpaired) electrons. The summed E-state index contributed by atoms with van der Waals surface area (Å²) in [5, 5.41) is 10.3. The number of nitrogens with two attached hydrogens (primary N) is 1. The largest absolute Gasteiger partial charge is 0.330 e. The van der Waals surface area contributed by atoms with Crippen LogP contribution in [0.1, 0.15) is 25.1 Å². The molecule has 0 aliphatic rings. The summed E-state index contributed by atoms with van der Waals surface area (Å²) in [6.45, 7) is 0.785. The van der Waals surface area contributed by atoms with E-state index in [0.717, 1.165) is 36.6 Å². The lowest BCUT2D eigenvalue weighted by Gasteiger charge is -1.97. The van der Waals surface area contributed by atoms with E-state index in [2.05, 4.69) is 14.6 Å². The minimum Gasteiger partial charge on any atom is -0.330 e. The van der Waals surface area contributed by atoms with Crippen molar-refractivity contribution in [3.05, 3.63) is 17.4 Å². The molecule has 14 heavy (non-hydrogen) atoms. The highest BCUT2D eigenvalue weighted by Gasteiger charge is 2.04. The maximum atomic E-state index is 5.43. The van der Waals surface area contributed by atoms with Gasteiger partial charge < -0.3 is 5.73 Å². The molecular weight excluding hydrogens is 196 g/mol. The van der Waals surface area contributed by atoms with E-state index in [-0.39, 0.29) is 0 Å². The van der Waals surface area contributed by atoms with Gasteiger partial charge in [0.05, 0.1) is 0 Å². The van der Waals surface area contributed by atoms with E-state index in [4.69, 9.17) is 5.73 Å². The van der Waals surface area contributed by atoms with E-state index in [0.29, 0.717) is 0 Å². The van der Waals surface area contributed by atoms with Gasteiger partial charge in [-0.3, -0.25) is 4.40 Å². The predicted molar refractivity (Wildman–Crippen MR) is 57.5 cm³/mol. The van der Waals surface area contributed by atoms with Gasteiger partial charge in [-0.05, 0) is 19.4 Å². The van der Waals surface area contributed by atoms with E-state index < -0.39 is 0 Å². The molecule has 0 atom stereocenters. The maximum absolute atomic E-state index is 5.43. The summed E-state index contributed by atoms with van der Waals surface area (Å²) in [5.41, 5.74) is 5.43. The van der Waals surface area contributed by atoms with Gasteiger partial charge in [0.15, 0.2) is 0 Å².